The molecule has 1 aromatic rings. The first-order valence-electron chi connectivity index (χ1n) is 5.48. The molecule has 1 fully saturated rings. The summed E-state index contributed by atoms with van der Waals surface area (Å²) in [5.41, 5.74) is 2.04. The monoisotopic (exact) mass is 278 g/mol. The summed E-state index contributed by atoms with van der Waals surface area (Å²) in [5.74, 6) is 0. The van der Waals surface area contributed by atoms with Crippen LogP contribution in [-0.4, -0.2) is 40.5 Å². The lowest BCUT2D eigenvalue weighted by Crippen LogP contribution is -2.49. The van der Waals surface area contributed by atoms with Crippen LogP contribution in [0.5, 0.6) is 0 Å². The third-order valence-electron chi connectivity index (χ3n) is 2.84. The molecule has 1 saturated heterocycles. The van der Waals surface area contributed by atoms with E-state index in [4.69, 9.17) is 0 Å². The first-order chi connectivity index (χ1) is 7.25. The van der Waals surface area contributed by atoms with Gasteiger partial charge in [0.15, 0.2) is 0 Å². The third kappa shape index (κ3) is 4.76. The fraction of sp³-hybridized carbons (Fsp3) is 0.636. The summed E-state index contributed by atoms with van der Waals surface area (Å²) in [7, 11) is 0. The Balaban J connectivity index is 0.00000128. The molecular formula is C11H20Cl2N4. The second kappa shape index (κ2) is 7.82. The maximum atomic E-state index is 4.38. The zero-order chi connectivity index (χ0) is 10.7. The highest BCUT2D eigenvalue weighted by Crippen LogP contribution is 2.07. The second-order valence-electron chi connectivity index (χ2n) is 4.17. The van der Waals surface area contributed by atoms with Crippen molar-refractivity contribution in [3.05, 3.63) is 23.8 Å². The van der Waals surface area contributed by atoms with Crippen LogP contribution < -0.4 is 5.32 Å². The number of nitrogens with one attached hydrogen (secondary N) is 1. The lowest BCUT2D eigenvalue weighted by atomic mass is 10.2. The quantitative estimate of drug-likeness (QED) is 0.889. The van der Waals surface area contributed by atoms with E-state index in [0.29, 0.717) is 6.04 Å². The molecule has 0 saturated carbocycles. The van der Waals surface area contributed by atoms with Gasteiger partial charge >= 0.3 is 0 Å². The maximum Gasteiger partial charge on any atom is 0.0727 e. The van der Waals surface area contributed by atoms with Crippen molar-refractivity contribution >= 4 is 24.8 Å². The van der Waals surface area contributed by atoms with Gasteiger partial charge in [0.2, 0.25) is 0 Å². The predicted molar refractivity (Wildman–Crippen MR) is 74.0 cm³/mol. The number of halogens is 2. The molecule has 0 amide bonds. The molecule has 2 rings (SSSR count). The van der Waals surface area contributed by atoms with Crippen molar-refractivity contribution in [2.24, 2.45) is 0 Å². The van der Waals surface area contributed by atoms with E-state index in [-0.39, 0.29) is 24.8 Å². The van der Waals surface area contributed by atoms with Crippen LogP contribution in [0.15, 0.2) is 12.4 Å². The number of hydrogen-bond donors (Lipinski definition) is 1. The molecular weight excluding hydrogens is 259 g/mol. The molecule has 1 atom stereocenters. The summed E-state index contributed by atoms with van der Waals surface area (Å²) in [6.07, 6.45) is 3.71. The van der Waals surface area contributed by atoms with E-state index in [0.717, 1.165) is 37.6 Å². The van der Waals surface area contributed by atoms with E-state index >= 15 is 0 Å². The molecule has 0 aliphatic carbocycles. The van der Waals surface area contributed by atoms with Gasteiger partial charge < -0.3 is 5.32 Å². The Morgan fingerprint density at radius 2 is 2.12 bits per heavy atom. The van der Waals surface area contributed by atoms with Gasteiger partial charge in [0.1, 0.15) is 0 Å². The van der Waals surface area contributed by atoms with Gasteiger partial charge in [-0.1, -0.05) is 0 Å². The van der Waals surface area contributed by atoms with Crippen molar-refractivity contribution in [3.63, 3.8) is 0 Å². The molecule has 1 aromatic heterocycles. The van der Waals surface area contributed by atoms with Gasteiger partial charge in [-0.25, -0.2) is 0 Å². The normalized spacial score (nSPS) is 20.2. The number of nitrogens with zero attached hydrogens (tertiary/aromatic N) is 3. The van der Waals surface area contributed by atoms with Gasteiger partial charge in [-0.05, 0) is 13.8 Å². The van der Waals surface area contributed by atoms with Crippen LogP contribution in [0.2, 0.25) is 0 Å². The minimum Gasteiger partial charge on any atom is -0.314 e. The highest BCUT2D eigenvalue weighted by molar-refractivity contribution is 5.85. The smallest absolute Gasteiger partial charge is 0.0727 e. The van der Waals surface area contributed by atoms with Gasteiger partial charge in [-0.15, -0.1) is 24.8 Å². The van der Waals surface area contributed by atoms with Crippen molar-refractivity contribution in [2.45, 2.75) is 26.4 Å². The van der Waals surface area contributed by atoms with Crippen LogP contribution in [0.3, 0.4) is 0 Å². The van der Waals surface area contributed by atoms with Crippen molar-refractivity contribution < 1.29 is 0 Å². The van der Waals surface area contributed by atoms with E-state index in [9.17, 15) is 0 Å². The topological polar surface area (TPSA) is 41.1 Å². The van der Waals surface area contributed by atoms with Crippen LogP contribution in [0.4, 0.5) is 0 Å². The van der Waals surface area contributed by atoms with Gasteiger partial charge in [0.25, 0.3) is 0 Å². The summed E-state index contributed by atoms with van der Waals surface area (Å²) in [4.78, 5) is 11.1. The zero-order valence-electron chi connectivity index (χ0n) is 10.2. The van der Waals surface area contributed by atoms with Crippen molar-refractivity contribution in [3.8, 4) is 0 Å². The van der Waals surface area contributed by atoms with Gasteiger partial charge in [0.05, 0.1) is 11.4 Å². The summed E-state index contributed by atoms with van der Waals surface area (Å²) in [5, 5.41) is 3.38. The van der Waals surface area contributed by atoms with Crippen LogP contribution >= 0.6 is 24.8 Å². The number of rotatable bonds is 2. The fourth-order valence-corrected chi connectivity index (χ4v) is 1.83. The predicted octanol–water partition coefficient (Wildman–Crippen LogP) is 1.42. The van der Waals surface area contributed by atoms with E-state index in [2.05, 4.69) is 27.1 Å². The molecule has 0 bridgehead atoms. The van der Waals surface area contributed by atoms with E-state index in [1.165, 1.54) is 0 Å². The molecule has 1 aliphatic rings. The Morgan fingerprint density at radius 3 is 2.71 bits per heavy atom. The molecule has 1 N–H and O–H groups in total. The van der Waals surface area contributed by atoms with Crippen LogP contribution in [0.1, 0.15) is 18.3 Å². The average Bonchev–Trinajstić information content (AvgIpc) is 2.25. The number of hydrogen-bond acceptors (Lipinski definition) is 4. The lowest BCUT2D eigenvalue weighted by molar-refractivity contribution is 0.163. The largest absolute Gasteiger partial charge is 0.314 e. The SMILES string of the molecule is Cc1cnc(CN2CCNC[C@H]2C)cn1.Cl.Cl. The number of aryl methyl sites for hydroxylation is 1. The minimum absolute atomic E-state index is 0. The first-order valence-corrected chi connectivity index (χ1v) is 5.48. The molecule has 17 heavy (non-hydrogen) atoms. The van der Waals surface area contributed by atoms with E-state index in [1.807, 2.05) is 19.3 Å². The lowest BCUT2D eigenvalue weighted by Gasteiger charge is -2.33. The Bertz CT molecular complexity index is 318. The Hall–Kier alpha value is -0.420. The summed E-state index contributed by atoms with van der Waals surface area (Å²) in [6.45, 7) is 8.35. The highest BCUT2D eigenvalue weighted by Gasteiger charge is 2.17. The summed E-state index contributed by atoms with van der Waals surface area (Å²) >= 11 is 0. The summed E-state index contributed by atoms with van der Waals surface area (Å²) < 4.78 is 0. The maximum absolute atomic E-state index is 4.38. The fourth-order valence-electron chi connectivity index (χ4n) is 1.83. The molecule has 0 unspecified atom stereocenters. The first kappa shape index (κ1) is 16.6. The summed E-state index contributed by atoms with van der Waals surface area (Å²) in [6, 6.07) is 0.585. The molecule has 98 valence electrons. The second-order valence-corrected chi connectivity index (χ2v) is 4.17. The Morgan fingerprint density at radius 1 is 1.35 bits per heavy atom. The van der Waals surface area contributed by atoms with E-state index in [1.54, 1.807) is 0 Å². The van der Waals surface area contributed by atoms with Gasteiger partial charge in [-0.3, -0.25) is 14.9 Å². The average molecular weight is 279 g/mol. The van der Waals surface area contributed by atoms with Crippen LogP contribution in [0, 0.1) is 6.92 Å². The van der Waals surface area contributed by atoms with Gasteiger partial charge in [0, 0.05) is 44.6 Å². The van der Waals surface area contributed by atoms with Crippen molar-refractivity contribution in [1.29, 1.82) is 0 Å². The Kier molecular flexibility index (Phi) is 7.63. The zero-order valence-corrected chi connectivity index (χ0v) is 11.9. The van der Waals surface area contributed by atoms with Crippen LogP contribution in [-0.2, 0) is 6.54 Å². The standard InChI is InChI=1S/C11H18N4.2ClH/c1-9-5-14-11(7-13-9)8-15-4-3-12-6-10(15)2;;/h5,7,10,12H,3-4,6,8H2,1-2H3;2*1H/t10-;;/m1../s1. The molecule has 4 nitrogen and oxygen atoms in total. The molecule has 0 spiro atoms. The van der Waals surface area contributed by atoms with Crippen molar-refractivity contribution in [2.75, 3.05) is 19.6 Å². The minimum atomic E-state index is 0. The third-order valence-corrected chi connectivity index (χ3v) is 2.84. The van der Waals surface area contributed by atoms with Crippen molar-refractivity contribution in [1.82, 2.24) is 20.2 Å². The number of piperazine rings is 1. The number of aromatic nitrogens is 2. The Labute approximate surface area is 115 Å². The van der Waals surface area contributed by atoms with Gasteiger partial charge in [-0.2, -0.15) is 0 Å². The van der Waals surface area contributed by atoms with Crippen LogP contribution in [0.25, 0.3) is 0 Å². The molecule has 6 heteroatoms. The molecule has 2 heterocycles. The highest BCUT2D eigenvalue weighted by atomic mass is 35.5. The molecule has 1 aliphatic heterocycles. The molecule has 0 radical (unpaired) electrons. The molecule has 0 aromatic carbocycles. The van der Waals surface area contributed by atoms with E-state index < -0.39 is 0 Å².